The summed E-state index contributed by atoms with van der Waals surface area (Å²) in [6.45, 7) is 2.19. The maximum atomic E-state index is 11.6. The molecule has 0 fully saturated rings. The molecule has 7 heteroatoms. The highest BCUT2D eigenvalue weighted by molar-refractivity contribution is 7.99. The van der Waals surface area contributed by atoms with Gasteiger partial charge in [0.2, 0.25) is 5.91 Å². The second kappa shape index (κ2) is 10.5. The third-order valence-corrected chi connectivity index (χ3v) is 4.10. The lowest BCUT2D eigenvalue weighted by atomic mass is 10.2. The SMILES string of the molecule is CCC(NCC(=O)NC(CCSC)C(=O)O)SC. The number of hydrogen-bond acceptors (Lipinski definition) is 5. The van der Waals surface area contributed by atoms with Crippen molar-refractivity contribution in [2.24, 2.45) is 0 Å². The normalized spacial score (nSPS) is 13.9. The maximum absolute atomic E-state index is 11.6. The van der Waals surface area contributed by atoms with Gasteiger partial charge in [-0.15, -0.1) is 11.8 Å². The Hall–Kier alpha value is -0.400. The summed E-state index contributed by atoms with van der Waals surface area (Å²) in [6, 6.07) is -0.791. The quantitative estimate of drug-likeness (QED) is 0.522. The Morgan fingerprint density at radius 3 is 2.44 bits per heavy atom. The fourth-order valence-corrected chi connectivity index (χ4v) is 2.39. The summed E-state index contributed by atoms with van der Waals surface area (Å²) in [6.07, 6.45) is 5.25. The summed E-state index contributed by atoms with van der Waals surface area (Å²) < 4.78 is 0. The van der Waals surface area contributed by atoms with E-state index in [4.69, 9.17) is 5.11 Å². The number of thioether (sulfide) groups is 2. The molecule has 0 saturated heterocycles. The van der Waals surface area contributed by atoms with E-state index in [0.717, 1.165) is 6.42 Å². The first-order valence-electron chi connectivity index (χ1n) is 5.82. The van der Waals surface area contributed by atoms with Crippen LogP contribution in [0.4, 0.5) is 0 Å². The number of carboxylic acid groups (broad SMARTS) is 1. The van der Waals surface area contributed by atoms with Gasteiger partial charge in [-0.3, -0.25) is 10.1 Å². The summed E-state index contributed by atoms with van der Waals surface area (Å²) in [5, 5.41) is 14.8. The van der Waals surface area contributed by atoms with Gasteiger partial charge in [-0.2, -0.15) is 11.8 Å². The molecule has 0 aromatic rings. The number of carbonyl (C=O) groups excluding carboxylic acids is 1. The van der Waals surface area contributed by atoms with Gasteiger partial charge in [0, 0.05) is 0 Å². The van der Waals surface area contributed by atoms with Gasteiger partial charge in [0.15, 0.2) is 0 Å². The van der Waals surface area contributed by atoms with E-state index in [1.807, 2.05) is 19.4 Å². The largest absolute Gasteiger partial charge is 0.480 e. The lowest BCUT2D eigenvalue weighted by Gasteiger charge is -2.17. The van der Waals surface area contributed by atoms with E-state index in [2.05, 4.69) is 10.6 Å². The molecule has 0 saturated carbocycles. The highest BCUT2D eigenvalue weighted by Gasteiger charge is 2.19. The Morgan fingerprint density at radius 2 is 2.00 bits per heavy atom. The summed E-state index contributed by atoms with van der Waals surface area (Å²) >= 11 is 3.21. The van der Waals surface area contributed by atoms with Crippen molar-refractivity contribution in [3.63, 3.8) is 0 Å². The van der Waals surface area contributed by atoms with E-state index in [1.165, 1.54) is 0 Å². The molecule has 0 spiro atoms. The van der Waals surface area contributed by atoms with Gasteiger partial charge in [0.05, 0.1) is 11.9 Å². The Balaban J connectivity index is 4.05. The highest BCUT2D eigenvalue weighted by atomic mass is 32.2. The van der Waals surface area contributed by atoms with Crippen molar-refractivity contribution < 1.29 is 14.7 Å². The standard InChI is InChI=1S/C11H22N2O3S2/c1-4-10(18-3)12-7-9(14)13-8(11(15)16)5-6-17-2/h8,10,12H,4-7H2,1-3H3,(H,13,14)(H,15,16). The van der Waals surface area contributed by atoms with Crippen molar-refractivity contribution in [1.82, 2.24) is 10.6 Å². The number of amides is 1. The molecule has 1 amide bonds. The molecule has 0 aliphatic heterocycles. The van der Waals surface area contributed by atoms with Crippen LogP contribution in [0.1, 0.15) is 19.8 Å². The van der Waals surface area contributed by atoms with Gasteiger partial charge < -0.3 is 10.4 Å². The van der Waals surface area contributed by atoms with Crippen molar-refractivity contribution in [2.75, 3.05) is 24.8 Å². The van der Waals surface area contributed by atoms with Crippen LogP contribution in [0.5, 0.6) is 0 Å². The predicted octanol–water partition coefficient (Wildman–Crippen LogP) is 0.998. The number of rotatable bonds is 10. The van der Waals surface area contributed by atoms with Gasteiger partial charge in [-0.25, -0.2) is 4.79 Å². The molecule has 2 atom stereocenters. The second-order valence-corrected chi connectivity index (χ2v) is 5.78. The van der Waals surface area contributed by atoms with Gasteiger partial charge in [0.1, 0.15) is 6.04 Å². The van der Waals surface area contributed by atoms with Crippen molar-refractivity contribution in [2.45, 2.75) is 31.2 Å². The average Bonchev–Trinajstić information content (AvgIpc) is 2.35. The molecular formula is C11H22N2O3S2. The fraction of sp³-hybridized carbons (Fsp3) is 0.818. The molecule has 3 N–H and O–H groups in total. The van der Waals surface area contributed by atoms with Crippen LogP contribution in [0.25, 0.3) is 0 Å². The molecule has 0 aliphatic carbocycles. The van der Waals surface area contributed by atoms with Crippen LogP contribution >= 0.6 is 23.5 Å². The minimum atomic E-state index is -0.977. The third kappa shape index (κ3) is 7.84. The number of carboxylic acids is 1. The molecule has 0 heterocycles. The lowest BCUT2D eigenvalue weighted by Crippen LogP contribution is -2.46. The van der Waals surface area contributed by atoms with Crippen LogP contribution in [0, 0.1) is 0 Å². The maximum Gasteiger partial charge on any atom is 0.326 e. The van der Waals surface area contributed by atoms with E-state index < -0.39 is 12.0 Å². The fourth-order valence-electron chi connectivity index (χ4n) is 1.34. The first-order chi connectivity index (χ1) is 8.54. The molecule has 5 nitrogen and oxygen atoms in total. The minimum absolute atomic E-state index is 0.155. The van der Waals surface area contributed by atoms with Crippen LogP contribution in [0.3, 0.4) is 0 Å². The molecule has 2 unspecified atom stereocenters. The first kappa shape index (κ1) is 17.6. The van der Waals surface area contributed by atoms with E-state index in [9.17, 15) is 9.59 Å². The van der Waals surface area contributed by atoms with E-state index >= 15 is 0 Å². The summed E-state index contributed by atoms with van der Waals surface area (Å²) in [7, 11) is 0. The van der Waals surface area contributed by atoms with Crippen LogP contribution in [0.2, 0.25) is 0 Å². The monoisotopic (exact) mass is 294 g/mol. The van der Waals surface area contributed by atoms with Crippen molar-refractivity contribution >= 4 is 35.4 Å². The summed E-state index contributed by atoms with van der Waals surface area (Å²) in [5.41, 5.74) is 0. The Morgan fingerprint density at radius 1 is 1.33 bits per heavy atom. The number of hydrogen-bond donors (Lipinski definition) is 3. The Bertz CT molecular complexity index is 261. The minimum Gasteiger partial charge on any atom is -0.480 e. The average molecular weight is 294 g/mol. The number of carbonyl (C=O) groups is 2. The molecule has 0 radical (unpaired) electrons. The van der Waals surface area contributed by atoms with Gasteiger partial charge in [-0.05, 0) is 31.1 Å². The zero-order valence-corrected chi connectivity index (χ0v) is 12.7. The molecule has 0 rings (SSSR count). The predicted molar refractivity (Wildman–Crippen MR) is 78.2 cm³/mol. The van der Waals surface area contributed by atoms with Gasteiger partial charge in [0.25, 0.3) is 0 Å². The van der Waals surface area contributed by atoms with Crippen LogP contribution in [-0.2, 0) is 9.59 Å². The van der Waals surface area contributed by atoms with Crippen molar-refractivity contribution in [3.8, 4) is 0 Å². The summed E-state index contributed by atoms with van der Waals surface area (Å²) in [5.74, 6) is -0.530. The number of aliphatic carboxylic acids is 1. The van der Waals surface area contributed by atoms with E-state index in [1.54, 1.807) is 23.5 Å². The molecule has 0 aromatic carbocycles. The lowest BCUT2D eigenvalue weighted by molar-refractivity contribution is -0.141. The first-order valence-corrected chi connectivity index (χ1v) is 8.50. The number of nitrogens with one attached hydrogen (secondary N) is 2. The molecule has 0 aromatic heterocycles. The smallest absolute Gasteiger partial charge is 0.326 e. The molecule has 0 bridgehead atoms. The van der Waals surface area contributed by atoms with Gasteiger partial charge >= 0.3 is 5.97 Å². The molecular weight excluding hydrogens is 272 g/mol. The molecule has 0 aliphatic rings. The van der Waals surface area contributed by atoms with Crippen molar-refractivity contribution in [1.29, 1.82) is 0 Å². The highest BCUT2D eigenvalue weighted by Crippen LogP contribution is 2.05. The zero-order chi connectivity index (χ0) is 14.0. The van der Waals surface area contributed by atoms with Crippen molar-refractivity contribution in [3.05, 3.63) is 0 Å². The van der Waals surface area contributed by atoms with Crippen LogP contribution in [-0.4, -0.2) is 53.2 Å². The molecule has 106 valence electrons. The van der Waals surface area contributed by atoms with E-state index in [0.29, 0.717) is 12.2 Å². The second-order valence-electron chi connectivity index (χ2n) is 3.75. The topological polar surface area (TPSA) is 78.4 Å². The molecule has 18 heavy (non-hydrogen) atoms. The van der Waals surface area contributed by atoms with Crippen LogP contribution in [0.15, 0.2) is 0 Å². The van der Waals surface area contributed by atoms with E-state index in [-0.39, 0.29) is 17.8 Å². The Labute approximate surface area is 117 Å². The Kier molecular flexibility index (Phi) is 10.3. The summed E-state index contributed by atoms with van der Waals surface area (Å²) in [4.78, 5) is 22.5. The van der Waals surface area contributed by atoms with Crippen LogP contribution < -0.4 is 10.6 Å². The zero-order valence-electron chi connectivity index (χ0n) is 11.1. The van der Waals surface area contributed by atoms with Gasteiger partial charge in [-0.1, -0.05) is 6.92 Å². The third-order valence-electron chi connectivity index (χ3n) is 2.39.